The Kier molecular flexibility index (Phi) is 2.90. The molecule has 0 unspecified atom stereocenters. The first kappa shape index (κ1) is 13.0. The third kappa shape index (κ3) is 1.81. The van der Waals surface area contributed by atoms with Crippen molar-refractivity contribution in [3.05, 3.63) is 71.3 Å². The Bertz CT molecular complexity index is 901. The number of benzene rings is 3. The average molecular weight is 288 g/mol. The number of rotatable bonds is 3. The molecule has 2 nitrogen and oxygen atoms in total. The van der Waals surface area contributed by atoms with E-state index in [9.17, 15) is 0 Å². The topological polar surface area (TPSA) is 18.5 Å². The number of hydrogen-bond acceptors (Lipinski definition) is 2. The van der Waals surface area contributed by atoms with Crippen LogP contribution in [0.15, 0.2) is 54.6 Å². The average Bonchev–Trinajstić information content (AvgIpc) is 2.95. The van der Waals surface area contributed by atoms with Crippen LogP contribution in [-0.4, -0.2) is 14.2 Å². The van der Waals surface area contributed by atoms with Gasteiger partial charge in [-0.1, -0.05) is 36.4 Å². The fourth-order valence-corrected chi connectivity index (χ4v) is 3.20. The van der Waals surface area contributed by atoms with E-state index in [-0.39, 0.29) is 0 Å². The molecule has 0 atom stereocenters. The van der Waals surface area contributed by atoms with Gasteiger partial charge in [0.05, 0.1) is 14.2 Å². The molecule has 108 valence electrons. The summed E-state index contributed by atoms with van der Waals surface area (Å²) >= 11 is 0. The smallest absolute Gasteiger partial charge is 0.126 e. The molecule has 0 aliphatic heterocycles. The van der Waals surface area contributed by atoms with Gasteiger partial charge in [0.15, 0.2) is 0 Å². The first-order valence-corrected chi connectivity index (χ1v) is 7.28. The van der Waals surface area contributed by atoms with E-state index in [1.807, 2.05) is 18.2 Å². The molecule has 0 N–H and O–H groups in total. The molecule has 3 aromatic rings. The minimum atomic E-state index is 0.833. The molecule has 2 heteroatoms. The molecule has 0 saturated carbocycles. The van der Waals surface area contributed by atoms with Gasteiger partial charge in [-0.15, -0.1) is 0 Å². The van der Waals surface area contributed by atoms with Crippen molar-refractivity contribution in [3.8, 4) is 11.5 Å². The second kappa shape index (κ2) is 4.92. The minimum absolute atomic E-state index is 0.833. The van der Waals surface area contributed by atoms with Crippen LogP contribution in [0.3, 0.4) is 0 Å². The Hall–Kier alpha value is -2.74. The maximum atomic E-state index is 5.56. The maximum absolute atomic E-state index is 5.56. The highest BCUT2D eigenvalue weighted by Crippen LogP contribution is 2.43. The van der Waals surface area contributed by atoms with Crippen LogP contribution in [-0.2, 0) is 0 Å². The van der Waals surface area contributed by atoms with Crippen LogP contribution in [0.5, 0.6) is 11.5 Å². The van der Waals surface area contributed by atoms with Crippen molar-refractivity contribution in [1.29, 1.82) is 0 Å². The molecule has 0 aromatic heterocycles. The molecule has 1 aliphatic carbocycles. The van der Waals surface area contributed by atoms with Crippen molar-refractivity contribution < 1.29 is 9.47 Å². The number of methoxy groups -OCH3 is 2. The zero-order chi connectivity index (χ0) is 15.1. The van der Waals surface area contributed by atoms with E-state index in [0.29, 0.717) is 0 Å². The van der Waals surface area contributed by atoms with E-state index in [4.69, 9.17) is 9.47 Å². The van der Waals surface area contributed by atoms with Crippen LogP contribution in [0, 0.1) is 0 Å². The monoisotopic (exact) mass is 288 g/mol. The number of ether oxygens (including phenoxy) is 2. The predicted molar refractivity (Wildman–Crippen MR) is 90.5 cm³/mol. The fourth-order valence-electron chi connectivity index (χ4n) is 3.20. The van der Waals surface area contributed by atoms with Crippen LogP contribution >= 0.6 is 0 Å². The summed E-state index contributed by atoms with van der Waals surface area (Å²) in [6.07, 6.45) is 2.23. The van der Waals surface area contributed by atoms with Crippen LogP contribution in [0.25, 0.3) is 22.4 Å². The van der Waals surface area contributed by atoms with Crippen molar-refractivity contribution in [2.24, 2.45) is 0 Å². The molecule has 0 fully saturated rings. The van der Waals surface area contributed by atoms with Crippen LogP contribution in [0.4, 0.5) is 0 Å². The van der Waals surface area contributed by atoms with Gasteiger partial charge >= 0.3 is 0 Å². The van der Waals surface area contributed by atoms with Crippen molar-refractivity contribution in [1.82, 2.24) is 0 Å². The standard InChI is InChI=1S/C20H16O2/c1-21-15-9-10-19(22-2)18(12-15)17-11-14-7-3-5-13-6-4-8-16(17)20(13)14/h3-12H,1-2H3. The van der Waals surface area contributed by atoms with Gasteiger partial charge in [-0.3, -0.25) is 0 Å². The Morgan fingerprint density at radius 2 is 1.59 bits per heavy atom. The molecular formula is C20H16O2. The second-order valence-corrected chi connectivity index (χ2v) is 5.38. The van der Waals surface area contributed by atoms with Gasteiger partial charge in [0, 0.05) is 5.56 Å². The lowest BCUT2D eigenvalue weighted by Crippen LogP contribution is -1.93. The van der Waals surface area contributed by atoms with E-state index in [1.54, 1.807) is 14.2 Å². The maximum Gasteiger partial charge on any atom is 0.126 e. The van der Waals surface area contributed by atoms with Crippen molar-refractivity contribution in [2.45, 2.75) is 0 Å². The lowest BCUT2D eigenvalue weighted by atomic mass is 9.97. The Morgan fingerprint density at radius 3 is 2.36 bits per heavy atom. The molecule has 4 rings (SSSR count). The first-order valence-electron chi connectivity index (χ1n) is 7.28. The second-order valence-electron chi connectivity index (χ2n) is 5.38. The van der Waals surface area contributed by atoms with Gasteiger partial charge in [-0.25, -0.2) is 0 Å². The fraction of sp³-hybridized carbons (Fsp3) is 0.100. The van der Waals surface area contributed by atoms with E-state index >= 15 is 0 Å². The third-order valence-electron chi connectivity index (χ3n) is 4.22. The lowest BCUT2D eigenvalue weighted by molar-refractivity contribution is 0.402. The van der Waals surface area contributed by atoms with Crippen LogP contribution < -0.4 is 9.47 Å². The molecule has 0 spiro atoms. The SMILES string of the molecule is COc1ccc(OC)c(C2=Cc3cccc4cccc2c34)c1. The molecule has 0 amide bonds. The summed E-state index contributed by atoms with van der Waals surface area (Å²) in [6.45, 7) is 0. The summed E-state index contributed by atoms with van der Waals surface area (Å²) in [5, 5.41) is 2.58. The third-order valence-corrected chi connectivity index (χ3v) is 4.22. The van der Waals surface area contributed by atoms with E-state index in [0.717, 1.165) is 17.1 Å². The highest BCUT2D eigenvalue weighted by Gasteiger charge is 2.20. The van der Waals surface area contributed by atoms with E-state index in [2.05, 4.69) is 42.5 Å². The highest BCUT2D eigenvalue weighted by atomic mass is 16.5. The summed E-state index contributed by atoms with van der Waals surface area (Å²) in [6, 6.07) is 18.8. The predicted octanol–water partition coefficient (Wildman–Crippen LogP) is 4.76. The molecular weight excluding hydrogens is 272 g/mol. The van der Waals surface area contributed by atoms with Crippen molar-refractivity contribution >= 4 is 22.4 Å². The molecule has 22 heavy (non-hydrogen) atoms. The molecule has 0 heterocycles. The van der Waals surface area contributed by atoms with Gasteiger partial charge in [0.25, 0.3) is 0 Å². The van der Waals surface area contributed by atoms with Crippen LogP contribution in [0.1, 0.15) is 16.7 Å². The highest BCUT2D eigenvalue weighted by molar-refractivity contribution is 6.13. The molecule has 0 radical (unpaired) electrons. The minimum Gasteiger partial charge on any atom is -0.497 e. The lowest BCUT2D eigenvalue weighted by Gasteiger charge is -2.12. The first-order chi connectivity index (χ1) is 10.8. The molecule has 1 aliphatic rings. The van der Waals surface area contributed by atoms with Gasteiger partial charge in [0.1, 0.15) is 11.5 Å². The molecule has 0 bridgehead atoms. The van der Waals surface area contributed by atoms with Gasteiger partial charge in [-0.05, 0) is 51.7 Å². The summed E-state index contributed by atoms with van der Waals surface area (Å²) in [5.41, 5.74) is 4.75. The molecule has 3 aromatic carbocycles. The quantitative estimate of drug-likeness (QED) is 0.541. The van der Waals surface area contributed by atoms with Crippen molar-refractivity contribution in [2.75, 3.05) is 14.2 Å². The molecule has 0 saturated heterocycles. The summed E-state index contributed by atoms with van der Waals surface area (Å²) < 4.78 is 10.9. The van der Waals surface area contributed by atoms with Crippen molar-refractivity contribution in [3.63, 3.8) is 0 Å². The Morgan fingerprint density at radius 1 is 0.773 bits per heavy atom. The summed E-state index contributed by atoms with van der Waals surface area (Å²) in [4.78, 5) is 0. The van der Waals surface area contributed by atoms with Gasteiger partial charge in [0.2, 0.25) is 0 Å². The Labute approximate surface area is 129 Å². The number of hydrogen-bond donors (Lipinski definition) is 0. The van der Waals surface area contributed by atoms with E-state index < -0.39 is 0 Å². The largest absolute Gasteiger partial charge is 0.497 e. The zero-order valence-electron chi connectivity index (χ0n) is 12.6. The Balaban J connectivity index is 1.98. The van der Waals surface area contributed by atoms with Gasteiger partial charge < -0.3 is 9.47 Å². The van der Waals surface area contributed by atoms with Gasteiger partial charge in [-0.2, -0.15) is 0 Å². The summed E-state index contributed by atoms with van der Waals surface area (Å²) in [7, 11) is 3.39. The van der Waals surface area contributed by atoms with E-state index in [1.165, 1.54) is 27.5 Å². The normalized spacial score (nSPS) is 12.4. The zero-order valence-corrected chi connectivity index (χ0v) is 12.6. The van der Waals surface area contributed by atoms with Crippen LogP contribution in [0.2, 0.25) is 0 Å². The summed E-state index contributed by atoms with van der Waals surface area (Å²) in [5.74, 6) is 1.69.